The SMILES string of the molecule is Cc1c(C)c(=O)n(CC(=O)c2c(F)cccc2F)[nH]c1=O. The Morgan fingerprint density at radius 2 is 1.71 bits per heavy atom. The molecule has 0 saturated carbocycles. The molecule has 1 aromatic carbocycles. The monoisotopic (exact) mass is 294 g/mol. The molecule has 0 unspecified atom stereocenters. The van der Waals surface area contributed by atoms with Crippen molar-refractivity contribution in [2.45, 2.75) is 20.4 Å². The number of aromatic amines is 1. The number of Topliss-reactive ketones (excluding diaryl/α,β-unsaturated/α-hetero) is 1. The van der Waals surface area contributed by atoms with Crippen LogP contribution in [-0.2, 0) is 6.54 Å². The van der Waals surface area contributed by atoms with Crippen LogP contribution in [0.4, 0.5) is 8.78 Å². The second kappa shape index (κ2) is 5.43. The Balaban J connectivity index is 2.47. The van der Waals surface area contributed by atoms with Crippen LogP contribution in [0.5, 0.6) is 0 Å². The molecule has 2 rings (SSSR count). The smallest absolute Gasteiger partial charge is 0.268 e. The highest BCUT2D eigenvalue weighted by molar-refractivity contribution is 5.96. The number of H-pyrrole nitrogens is 1. The van der Waals surface area contributed by atoms with Gasteiger partial charge < -0.3 is 0 Å². The first-order chi connectivity index (χ1) is 9.82. The fourth-order valence-corrected chi connectivity index (χ4v) is 1.89. The summed E-state index contributed by atoms with van der Waals surface area (Å²) in [5, 5.41) is 2.21. The lowest BCUT2D eigenvalue weighted by Gasteiger charge is -2.08. The third-order valence-electron chi connectivity index (χ3n) is 3.25. The summed E-state index contributed by atoms with van der Waals surface area (Å²) in [4.78, 5) is 35.5. The summed E-state index contributed by atoms with van der Waals surface area (Å²) in [7, 11) is 0. The number of benzene rings is 1. The van der Waals surface area contributed by atoms with E-state index >= 15 is 0 Å². The lowest BCUT2D eigenvalue weighted by atomic mass is 10.1. The topological polar surface area (TPSA) is 71.9 Å². The highest BCUT2D eigenvalue weighted by Gasteiger charge is 2.19. The molecular formula is C14H12F2N2O3. The van der Waals surface area contributed by atoms with Gasteiger partial charge in [0.25, 0.3) is 11.1 Å². The number of halogens is 2. The number of nitrogens with zero attached hydrogens (tertiary/aromatic N) is 1. The Labute approximate surface area is 117 Å². The van der Waals surface area contributed by atoms with Gasteiger partial charge in [0.1, 0.15) is 18.2 Å². The van der Waals surface area contributed by atoms with Gasteiger partial charge in [-0.05, 0) is 26.0 Å². The Morgan fingerprint density at radius 3 is 2.29 bits per heavy atom. The Hall–Kier alpha value is -2.57. The number of carbonyl (C=O) groups is 1. The number of hydrogen-bond donors (Lipinski definition) is 1. The Bertz CT molecular complexity index is 817. The van der Waals surface area contributed by atoms with E-state index in [1.165, 1.54) is 13.8 Å². The van der Waals surface area contributed by atoms with Crippen molar-refractivity contribution in [1.82, 2.24) is 9.78 Å². The van der Waals surface area contributed by atoms with E-state index in [9.17, 15) is 23.2 Å². The zero-order valence-corrected chi connectivity index (χ0v) is 11.4. The second-order valence-electron chi connectivity index (χ2n) is 4.60. The number of ketones is 1. The van der Waals surface area contributed by atoms with Crippen LogP contribution in [0.3, 0.4) is 0 Å². The van der Waals surface area contributed by atoms with Crippen LogP contribution in [0.2, 0.25) is 0 Å². The maximum absolute atomic E-state index is 13.5. The van der Waals surface area contributed by atoms with Crippen LogP contribution in [-0.4, -0.2) is 15.6 Å². The van der Waals surface area contributed by atoms with E-state index in [1.807, 2.05) is 0 Å². The molecule has 0 aliphatic rings. The number of hydrogen-bond acceptors (Lipinski definition) is 3. The van der Waals surface area contributed by atoms with E-state index in [2.05, 4.69) is 5.10 Å². The summed E-state index contributed by atoms with van der Waals surface area (Å²) in [6, 6.07) is 3.02. The van der Waals surface area contributed by atoms with Gasteiger partial charge in [-0.25, -0.2) is 13.5 Å². The van der Waals surface area contributed by atoms with E-state index in [0.29, 0.717) is 0 Å². The van der Waals surface area contributed by atoms with Crippen molar-refractivity contribution in [3.63, 3.8) is 0 Å². The Morgan fingerprint density at radius 1 is 1.14 bits per heavy atom. The number of rotatable bonds is 3. The molecule has 5 nitrogen and oxygen atoms in total. The minimum atomic E-state index is -1.01. The van der Waals surface area contributed by atoms with Gasteiger partial charge in [-0.1, -0.05) is 6.07 Å². The maximum atomic E-state index is 13.5. The summed E-state index contributed by atoms with van der Waals surface area (Å²) < 4.78 is 27.8. The zero-order chi connectivity index (χ0) is 15.7. The number of nitrogens with one attached hydrogen (secondary N) is 1. The summed E-state index contributed by atoms with van der Waals surface area (Å²) in [5.74, 6) is -2.97. The summed E-state index contributed by atoms with van der Waals surface area (Å²) >= 11 is 0. The molecule has 1 aromatic heterocycles. The molecule has 0 amide bonds. The van der Waals surface area contributed by atoms with Gasteiger partial charge in [-0.15, -0.1) is 0 Å². The molecule has 0 spiro atoms. The molecule has 21 heavy (non-hydrogen) atoms. The molecule has 0 fully saturated rings. The highest BCUT2D eigenvalue weighted by atomic mass is 19.1. The standard InChI is InChI=1S/C14H12F2N2O3/c1-7-8(2)14(21)18(17-13(7)20)6-11(19)12-9(15)4-3-5-10(12)16/h3-5H,6H2,1-2H3,(H,17,20). The molecule has 0 radical (unpaired) electrons. The Kier molecular flexibility index (Phi) is 3.84. The fourth-order valence-electron chi connectivity index (χ4n) is 1.89. The van der Waals surface area contributed by atoms with E-state index in [0.717, 1.165) is 22.9 Å². The van der Waals surface area contributed by atoms with Crippen LogP contribution in [0, 0.1) is 25.5 Å². The van der Waals surface area contributed by atoms with Gasteiger partial charge in [0.05, 0.1) is 5.56 Å². The van der Waals surface area contributed by atoms with Gasteiger partial charge >= 0.3 is 0 Å². The molecule has 110 valence electrons. The molecule has 0 aliphatic heterocycles. The molecule has 0 atom stereocenters. The molecule has 0 saturated heterocycles. The number of aromatic nitrogens is 2. The fraction of sp³-hybridized carbons (Fsp3) is 0.214. The molecule has 7 heteroatoms. The maximum Gasteiger partial charge on any atom is 0.268 e. The predicted octanol–water partition coefficient (Wildman–Crippen LogP) is 1.31. The van der Waals surface area contributed by atoms with E-state index in [4.69, 9.17) is 0 Å². The van der Waals surface area contributed by atoms with Gasteiger partial charge in [0.2, 0.25) is 0 Å². The zero-order valence-electron chi connectivity index (χ0n) is 11.4. The lowest BCUT2D eigenvalue weighted by Crippen LogP contribution is -2.35. The third kappa shape index (κ3) is 2.67. The van der Waals surface area contributed by atoms with Gasteiger partial charge in [0, 0.05) is 11.1 Å². The van der Waals surface area contributed by atoms with Crippen LogP contribution in [0.15, 0.2) is 27.8 Å². The van der Waals surface area contributed by atoms with Crippen molar-refractivity contribution in [2.24, 2.45) is 0 Å². The van der Waals surface area contributed by atoms with E-state index in [1.54, 1.807) is 0 Å². The van der Waals surface area contributed by atoms with Gasteiger partial charge in [-0.2, -0.15) is 0 Å². The van der Waals surface area contributed by atoms with Crippen molar-refractivity contribution < 1.29 is 13.6 Å². The van der Waals surface area contributed by atoms with Crippen molar-refractivity contribution in [3.8, 4) is 0 Å². The van der Waals surface area contributed by atoms with Crippen LogP contribution >= 0.6 is 0 Å². The van der Waals surface area contributed by atoms with E-state index in [-0.39, 0.29) is 11.1 Å². The minimum absolute atomic E-state index is 0.181. The first kappa shape index (κ1) is 14.8. The first-order valence-electron chi connectivity index (χ1n) is 6.10. The van der Waals surface area contributed by atoms with E-state index < -0.39 is 40.6 Å². The quantitative estimate of drug-likeness (QED) is 0.868. The molecule has 2 aromatic rings. The molecule has 1 heterocycles. The molecule has 0 bridgehead atoms. The predicted molar refractivity (Wildman–Crippen MR) is 71.5 cm³/mol. The first-order valence-corrected chi connectivity index (χ1v) is 6.10. The highest BCUT2D eigenvalue weighted by Crippen LogP contribution is 2.13. The second-order valence-corrected chi connectivity index (χ2v) is 4.60. The van der Waals surface area contributed by atoms with Crippen molar-refractivity contribution in [3.05, 3.63) is 67.2 Å². The normalized spacial score (nSPS) is 10.7. The summed E-state index contributed by atoms with van der Waals surface area (Å²) in [5.41, 5.74) is -1.43. The average molecular weight is 294 g/mol. The molecular weight excluding hydrogens is 282 g/mol. The van der Waals surface area contributed by atoms with Crippen molar-refractivity contribution in [2.75, 3.05) is 0 Å². The van der Waals surface area contributed by atoms with Crippen molar-refractivity contribution >= 4 is 5.78 Å². The van der Waals surface area contributed by atoms with Crippen LogP contribution in [0.25, 0.3) is 0 Å². The molecule has 1 N–H and O–H groups in total. The van der Waals surface area contributed by atoms with Crippen molar-refractivity contribution in [1.29, 1.82) is 0 Å². The minimum Gasteiger partial charge on any atom is -0.292 e. The summed E-state index contributed by atoms with van der Waals surface area (Å²) in [6.45, 7) is 2.27. The van der Waals surface area contributed by atoms with Gasteiger partial charge in [-0.3, -0.25) is 19.5 Å². The average Bonchev–Trinajstić information content (AvgIpc) is 2.42. The summed E-state index contributed by atoms with van der Waals surface area (Å²) in [6.07, 6.45) is 0. The largest absolute Gasteiger partial charge is 0.292 e. The third-order valence-corrected chi connectivity index (χ3v) is 3.25. The molecule has 0 aliphatic carbocycles. The van der Waals surface area contributed by atoms with Crippen LogP contribution in [0.1, 0.15) is 21.5 Å². The lowest BCUT2D eigenvalue weighted by molar-refractivity contribution is 0.0957. The van der Waals surface area contributed by atoms with Gasteiger partial charge in [0.15, 0.2) is 5.78 Å². The number of carbonyl (C=O) groups excluding carboxylic acids is 1. The van der Waals surface area contributed by atoms with Crippen LogP contribution < -0.4 is 11.1 Å².